The SMILES string of the molecule is CCn1cc([C@@H]2CS(=O)(=O)CCN2Cc2cncc(F)c2)cn1. The van der Waals surface area contributed by atoms with Gasteiger partial charge < -0.3 is 0 Å². The summed E-state index contributed by atoms with van der Waals surface area (Å²) >= 11 is 0. The average Bonchev–Trinajstić information content (AvgIpc) is 2.98. The molecule has 0 amide bonds. The van der Waals surface area contributed by atoms with Crippen LogP contribution in [0.4, 0.5) is 4.39 Å². The van der Waals surface area contributed by atoms with Crippen LogP contribution in [0.15, 0.2) is 30.9 Å². The van der Waals surface area contributed by atoms with Crippen LogP contribution in [0.25, 0.3) is 0 Å². The van der Waals surface area contributed by atoms with Gasteiger partial charge in [-0.3, -0.25) is 14.6 Å². The molecule has 3 heterocycles. The third kappa shape index (κ3) is 3.76. The summed E-state index contributed by atoms with van der Waals surface area (Å²) in [6.07, 6.45) is 6.36. The highest BCUT2D eigenvalue weighted by molar-refractivity contribution is 7.91. The van der Waals surface area contributed by atoms with Crippen LogP contribution in [0, 0.1) is 5.82 Å². The molecule has 0 N–H and O–H groups in total. The first-order valence-corrected chi connectivity index (χ1v) is 9.35. The van der Waals surface area contributed by atoms with E-state index in [9.17, 15) is 12.8 Å². The third-order valence-corrected chi connectivity index (χ3v) is 5.68. The minimum Gasteiger partial charge on any atom is -0.290 e. The zero-order chi connectivity index (χ0) is 16.4. The first-order chi connectivity index (χ1) is 11.0. The molecule has 0 unspecified atom stereocenters. The van der Waals surface area contributed by atoms with E-state index in [0.29, 0.717) is 13.1 Å². The summed E-state index contributed by atoms with van der Waals surface area (Å²) in [5, 5.41) is 4.24. The molecule has 1 atom stereocenters. The van der Waals surface area contributed by atoms with Crippen LogP contribution in [0.3, 0.4) is 0 Å². The maximum absolute atomic E-state index is 13.3. The molecule has 23 heavy (non-hydrogen) atoms. The second-order valence-corrected chi connectivity index (χ2v) is 7.97. The molecule has 0 spiro atoms. The predicted octanol–water partition coefficient (Wildman–Crippen LogP) is 1.41. The van der Waals surface area contributed by atoms with Crippen molar-refractivity contribution in [1.29, 1.82) is 0 Å². The maximum atomic E-state index is 13.3. The first-order valence-electron chi connectivity index (χ1n) is 7.53. The molecule has 1 aliphatic rings. The molecule has 3 rings (SSSR count). The molecular weight excluding hydrogens is 319 g/mol. The minimum atomic E-state index is -3.08. The lowest BCUT2D eigenvalue weighted by Gasteiger charge is -2.34. The quantitative estimate of drug-likeness (QED) is 0.843. The van der Waals surface area contributed by atoms with E-state index in [2.05, 4.69) is 15.0 Å². The molecule has 2 aromatic heterocycles. The fraction of sp³-hybridized carbons (Fsp3) is 0.467. The Morgan fingerprint density at radius 1 is 1.35 bits per heavy atom. The summed E-state index contributed by atoms with van der Waals surface area (Å²) in [4.78, 5) is 5.91. The number of sulfone groups is 1. The van der Waals surface area contributed by atoms with E-state index in [1.165, 1.54) is 6.07 Å². The van der Waals surface area contributed by atoms with E-state index in [1.807, 2.05) is 13.1 Å². The van der Waals surface area contributed by atoms with Crippen molar-refractivity contribution in [2.45, 2.75) is 26.1 Å². The average molecular weight is 338 g/mol. The second-order valence-electron chi connectivity index (χ2n) is 5.74. The van der Waals surface area contributed by atoms with Gasteiger partial charge in [0.2, 0.25) is 0 Å². The smallest absolute Gasteiger partial charge is 0.153 e. The molecule has 0 radical (unpaired) electrons. The maximum Gasteiger partial charge on any atom is 0.153 e. The summed E-state index contributed by atoms with van der Waals surface area (Å²) in [7, 11) is -3.08. The lowest BCUT2D eigenvalue weighted by molar-refractivity contribution is 0.206. The van der Waals surface area contributed by atoms with Crippen molar-refractivity contribution in [2.75, 3.05) is 18.1 Å². The highest BCUT2D eigenvalue weighted by Crippen LogP contribution is 2.28. The zero-order valence-electron chi connectivity index (χ0n) is 12.9. The highest BCUT2D eigenvalue weighted by Gasteiger charge is 2.33. The van der Waals surface area contributed by atoms with Crippen molar-refractivity contribution in [3.05, 3.63) is 47.8 Å². The number of rotatable bonds is 4. The summed E-state index contributed by atoms with van der Waals surface area (Å²) in [6.45, 7) is 3.58. The van der Waals surface area contributed by atoms with Gasteiger partial charge in [0.25, 0.3) is 0 Å². The topological polar surface area (TPSA) is 68.1 Å². The third-order valence-electron chi connectivity index (χ3n) is 4.05. The highest BCUT2D eigenvalue weighted by atomic mass is 32.2. The Bertz CT molecular complexity index is 790. The van der Waals surface area contributed by atoms with Crippen LogP contribution in [0.2, 0.25) is 0 Å². The Morgan fingerprint density at radius 3 is 2.87 bits per heavy atom. The molecule has 124 valence electrons. The fourth-order valence-corrected chi connectivity index (χ4v) is 4.40. The second kappa shape index (κ2) is 6.37. The Kier molecular flexibility index (Phi) is 4.45. The standard InChI is InChI=1S/C15H19FN4O2S/c1-2-20-10-13(7-18-20)15-11-23(21,22)4-3-19(15)9-12-5-14(16)8-17-6-12/h5-8,10,15H,2-4,9,11H2,1H3/t15-/m0/s1. The molecular formula is C15H19FN4O2S. The molecule has 0 bridgehead atoms. The molecule has 6 nitrogen and oxygen atoms in total. The summed E-state index contributed by atoms with van der Waals surface area (Å²) < 4.78 is 39.2. The van der Waals surface area contributed by atoms with Crippen molar-refractivity contribution in [1.82, 2.24) is 19.7 Å². The van der Waals surface area contributed by atoms with Crippen LogP contribution in [-0.2, 0) is 22.9 Å². The van der Waals surface area contributed by atoms with E-state index < -0.39 is 9.84 Å². The van der Waals surface area contributed by atoms with Gasteiger partial charge in [-0.05, 0) is 18.6 Å². The lowest BCUT2D eigenvalue weighted by atomic mass is 10.1. The van der Waals surface area contributed by atoms with E-state index >= 15 is 0 Å². The Morgan fingerprint density at radius 2 is 2.17 bits per heavy atom. The molecule has 8 heteroatoms. The van der Waals surface area contributed by atoms with Crippen LogP contribution in [0.1, 0.15) is 24.1 Å². The lowest BCUT2D eigenvalue weighted by Crippen LogP contribution is -2.42. The normalized spacial score (nSPS) is 21.4. The van der Waals surface area contributed by atoms with Gasteiger partial charge in [-0.1, -0.05) is 0 Å². The molecule has 0 aromatic carbocycles. The number of hydrogen-bond acceptors (Lipinski definition) is 5. The largest absolute Gasteiger partial charge is 0.290 e. The van der Waals surface area contributed by atoms with Crippen LogP contribution < -0.4 is 0 Å². The van der Waals surface area contributed by atoms with Gasteiger partial charge in [-0.2, -0.15) is 5.10 Å². The number of pyridine rings is 1. The van der Waals surface area contributed by atoms with E-state index in [0.717, 1.165) is 23.9 Å². The fourth-order valence-electron chi connectivity index (χ4n) is 2.84. The number of hydrogen-bond donors (Lipinski definition) is 0. The minimum absolute atomic E-state index is 0.0607. The van der Waals surface area contributed by atoms with Gasteiger partial charge in [0.05, 0.1) is 29.9 Å². The molecule has 1 saturated heterocycles. The van der Waals surface area contributed by atoms with E-state index in [-0.39, 0.29) is 23.4 Å². The van der Waals surface area contributed by atoms with Crippen molar-refractivity contribution in [2.24, 2.45) is 0 Å². The van der Waals surface area contributed by atoms with Crippen molar-refractivity contribution in [3.63, 3.8) is 0 Å². The van der Waals surface area contributed by atoms with Crippen molar-refractivity contribution < 1.29 is 12.8 Å². The Hall–Kier alpha value is -1.80. The zero-order valence-corrected chi connectivity index (χ0v) is 13.7. The summed E-state index contributed by atoms with van der Waals surface area (Å²) in [5.41, 5.74) is 1.61. The molecule has 1 fully saturated rings. The Balaban J connectivity index is 1.87. The Labute approximate surface area is 134 Å². The van der Waals surface area contributed by atoms with Gasteiger partial charge in [-0.15, -0.1) is 0 Å². The number of nitrogens with zero attached hydrogens (tertiary/aromatic N) is 4. The number of halogens is 1. The van der Waals surface area contributed by atoms with Crippen molar-refractivity contribution in [3.8, 4) is 0 Å². The summed E-state index contributed by atoms with van der Waals surface area (Å²) in [6, 6.07) is 1.17. The molecule has 0 aliphatic carbocycles. The van der Waals surface area contributed by atoms with Crippen LogP contribution in [-0.4, -0.2) is 46.1 Å². The van der Waals surface area contributed by atoms with Gasteiger partial charge in [0, 0.05) is 37.6 Å². The van der Waals surface area contributed by atoms with Gasteiger partial charge in [0.1, 0.15) is 5.82 Å². The van der Waals surface area contributed by atoms with Crippen LogP contribution >= 0.6 is 0 Å². The van der Waals surface area contributed by atoms with Gasteiger partial charge >= 0.3 is 0 Å². The molecule has 2 aromatic rings. The molecule has 0 saturated carbocycles. The number of aromatic nitrogens is 3. The summed E-state index contributed by atoms with van der Waals surface area (Å²) in [5.74, 6) is -0.207. The predicted molar refractivity (Wildman–Crippen MR) is 83.9 cm³/mol. The monoisotopic (exact) mass is 338 g/mol. The van der Waals surface area contributed by atoms with Crippen molar-refractivity contribution >= 4 is 9.84 Å². The molecule has 1 aliphatic heterocycles. The van der Waals surface area contributed by atoms with Gasteiger partial charge in [0.15, 0.2) is 9.84 Å². The van der Waals surface area contributed by atoms with E-state index in [4.69, 9.17) is 0 Å². The van der Waals surface area contributed by atoms with Crippen LogP contribution in [0.5, 0.6) is 0 Å². The first kappa shape index (κ1) is 16.1. The number of aryl methyl sites for hydroxylation is 1. The van der Waals surface area contributed by atoms with E-state index in [1.54, 1.807) is 17.1 Å². The van der Waals surface area contributed by atoms with Gasteiger partial charge in [-0.25, -0.2) is 12.8 Å².